The molecule has 1 atom stereocenters. The molecule has 0 aliphatic heterocycles. The molecule has 0 amide bonds. The summed E-state index contributed by atoms with van der Waals surface area (Å²) in [4.78, 5) is 0. The summed E-state index contributed by atoms with van der Waals surface area (Å²) < 4.78 is 0. The number of hydrogen-bond donors (Lipinski definition) is 1. The largest absolute Gasteiger partial charge is 0.396 e. The van der Waals surface area contributed by atoms with E-state index in [-0.39, 0.29) is 17.9 Å². The van der Waals surface area contributed by atoms with Gasteiger partial charge in [0.1, 0.15) is 0 Å². The fraction of sp³-hybridized carbons (Fsp3) is 0.500. The Bertz CT molecular complexity index is 410. The molecule has 0 radical (unpaired) electrons. The van der Waals surface area contributed by atoms with E-state index in [2.05, 4.69) is 26.8 Å². The third-order valence-electron chi connectivity index (χ3n) is 2.82. The van der Waals surface area contributed by atoms with Crippen LogP contribution in [0.5, 0.6) is 0 Å². The highest BCUT2D eigenvalue weighted by Crippen LogP contribution is 2.30. The average Bonchev–Trinajstić information content (AvgIpc) is 2.25. The van der Waals surface area contributed by atoms with Crippen molar-refractivity contribution in [3.63, 3.8) is 0 Å². The molecular formula is C14H19NO. The lowest BCUT2D eigenvalue weighted by molar-refractivity contribution is 0.273. The molecule has 0 fully saturated rings. The zero-order valence-electron chi connectivity index (χ0n) is 10.4. The molecule has 16 heavy (non-hydrogen) atoms. The van der Waals surface area contributed by atoms with Crippen LogP contribution in [0.3, 0.4) is 0 Å². The van der Waals surface area contributed by atoms with Crippen LogP contribution in [0.25, 0.3) is 0 Å². The molecule has 86 valence electrons. The van der Waals surface area contributed by atoms with Gasteiger partial charge in [-0.2, -0.15) is 5.26 Å². The van der Waals surface area contributed by atoms with Crippen LogP contribution in [0.1, 0.15) is 50.3 Å². The third kappa shape index (κ3) is 2.43. The molecule has 0 aliphatic rings. The molecule has 2 nitrogen and oxygen atoms in total. The van der Waals surface area contributed by atoms with E-state index in [1.807, 2.05) is 25.1 Å². The molecule has 1 rings (SSSR count). The number of rotatable bonds is 2. The highest BCUT2D eigenvalue weighted by Gasteiger charge is 2.21. The van der Waals surface area contributed by atoms with Crippen molar-refractivity contribution in [2.24, 2.45) is 0 Å². The first kappa shape index (κ1) is 12.7. The minimum Gasteiger partial charge on any atom is -0.396 e. The molecule has 0 bridgehead atoms. The molecule has 1 unspecified atom stereocenters. The van der Waals surface area contributed by atoms with Crippen molar-refractivity contribution in [2.45, 2.75) is 39.0 Å². The van der Waals surface area contributed by atoms with E-state index in [1.165, 1.54) is 0 Å². The van der Waals surface area contributed by atoms with Crippen LogP contribution in [-0.2, 0) is 5.41 Å². The molecule has 2 heteroatoms. The molecule has 0 saturated heterocycles. The monoisotopic (exact) mass is 217 g/mol. The Balaban J connectivity index is 3.40. The summed E-state index contributed by atoms with van der Waals surface area (Å²) in [6.45, 7) is 8.29. The topological polar surface area (TPSA) is 44.0 Å². The maximum atomic E-state index is 9.28. The van der Waals surface area contributed by atoms with Crippen LogP contribution in [0.2, 0.25) is 0 Å². The number of hydrogen-bond acceptors (Lipinski definition) is 2. The van der Waals surface area contributed by atoms with E-state index in [1.54, 1.807) is 0 Å². The fourth-order valence-electron chi connectivity index (χ4n) is 1.83. The van der Waals surface area contributed by atoms with Gasteiger partial charge in [-0.1, -0.05) is 45.9 Å². The molecule has 0 saturated carbocycles. The zero-order valence-corrected chi connectivity index (χ0v) is 10.4. The number of aliphatic hydroxyl groups excluding tert-OH is 1. The van der Waals surface area contributed by atoms with Gasteiger partial charge in [0.05, 0.1) is 11.6 Å². The first-order valence-electron chi connectivity index (χ1n) is 5.56. The van der Waals surface area contributed by atoms with Crippen LogP contribution < -0.4 is 0 Å². The number of nitriles is 1. The van der Waals surface area contributed by atoms with E-state index in [0.717, 1.165) is 16.7 Å². The van der Waals surface area contributed by atoms with Crippen molar-refractivity contribution < 1.29 is 5.11 Å². The molecule has 1 aromatic carbocycles. The fourth-order valence-corrected chi connectivity index (χ4v) is 1.83. The van der Waals surface area contributed by atoms with Crippen LogP contribution in [0.4, 0.5) is 0 Å². The first-order chi connectivity index (χ1) is 7.41. The normalized spacial score (nSPS) is 13.2. The summed E-state index contributed by atoms with van der Waals surface area (Å²) in [7, 11) is 0. The average molecular weight is 217 g/mol. The van der Waals surface area contributed by atoms with Gasteiger partial charge in [0, 0.05) is 12.5 Å². The second kappa shape index (κ2) is 4.67. The van der Waals surface area contributed by atoms with Gasteiger partial charge >= 0.3 is 0 Å². The summed E-state index contributed by atoms with van der Waals surface area (Å²) in [6, 6.07) is 8.15. The molecule has 1 aromatic rings. The Labute approximate surface area is 97.5 Å². The molecule has 0 aromatic heterocycles. The van der Waals surface area contributed by atoms with Gasteiger partial charge in [0.15, 0.2) is 0 Å². The molecular weight excluding hydrogens is 198 g/mol. The number of nitrogens with zero attached hydrogens (tertiary/aromatic N) is 1. The first-order valence-corrected chi connectivity index (χ1v) is 5.56. The van der Waals surface area contributed by atoms with Crippen LogP contribution in [-0.4, -0.2) is 11.7 Å². The summed E-state index contributed by atoms with van der Waals surface area (Å²) in [5, 5.41) is 18.5. The standard InChI is InChI=1S/C14H19NO/c1-10(9-16)11-6-5-7-13(12(11)8-15)14(2,3)4/h5-7,10,16H,9H2,1-4H3. The van der Waals surface area contributed by atoms with Gasteiger partial charge in [0.2, 0.25) is 0 Å². The predicted molar refractivity (Wildman–Crippen MR) is 65.4 cm³/mol. The van der Waals surface area contributed by atoms with Gasteiger partial charge in [-0.3, -0.25) is 0 Å². The second-order valence-corrected chi connectivity index (χ2v) is 5.22. The van der Waals surface area contributed by atoms with E-state index < -0.39 is 0 Å². The maximum Gasteiger partial charge on any atom is 0.0997 e. The van der Waals surface area contributed by atoms with Gasteiger partial charge in [0.25, 0.3) is 0 Å². The van der Waals surface area contributed by atoms with Gasteiger partial charge in [-0.25, -0.2) is 0 Å². The van der Waals surface area contributed by atoms with Crippen LogP contribution in [0.15, 0.2) is 18.2 Å². The summed E-state index contributed by atoms with van der Waals surface area (Å²) >= 11 is 0. The summed E-state index contributed by atoms with van der Waals surface area (Å²) in [5.74, 6) is 0.0111. The second-order valence-electron chi connectivity index (χ2n) is 5.22. The molecule has 0 heterocycles. The predicted octanol–water partition coefficient (Wildman–Crippen LogP) is 2.95. The number of benzene rings is 1. The number of aliphatic hydroxyl groups is 1. The summed E-state index contributed by atoms with van der Waals surface area (Å²) in [5.41, 5.74) is 2.66. The van der Waals surface area contributed by atoms with Crippen molar-refractivity contribution in [3.05, 3.63) is 34.9 Å². The smallest absolute Gasteiger partial charge is 0.0997 e. The third-order valence-corrected chi connectivity index (χ3v) is 2.82. The molecule has 1 N–H and O–H groups in total. The van der Waals surface area contributed by atoms with Crippen molar-refractivity contribution in [2.75, 3.05) is 6.61 Å². The highest BCUT2D eigenvalue weighted by molar-refractivity contribution is 5.48. The van der Waals surface area contributed by atoms with Crippen molar-refractivity contribution in [3.8, 4) is 6.07 Å². The van der Waals surface area contributed by atoms with Crippen LogP contribution >= 0.6 is 0 Å². The van der Waals surface area contributed by atoms with Gasteiger partial charge in [-0.05, 0) is 16.5 Å². The zero-order chi connectivity index (χ0) is 12.3. The lowest BCUT2D eigenvalue weighted by atomic mass is 9.80. The van der Waals surface area contributed by atoms with Crippen molar-refractivity contribution in [1.82, 2.24) is 0 Å². The van der Waals surface area contributed by atoms with E-state index >= 15 is 0 Å². The highest BCUT2D eigenvalue weighted by atomic mass is 16.3. The van der Waals surface area contributed by atoms with Gasteiger partial charge in [-0.15, -0.1) is 0 Å². The quantitative estimate of drug-likeness (QED) is 0.827. The van der Waals surface area contributed by atoms with Crippen molar-refractivity contribution >= 4 is 0 Å². The molecule has 0 spiro atoms. The van der Waals surface area contributed by atoms with E-state index in [4.69, 9.17) is 0 Å². The SMILES string of the molecule is CC(CO)c1cccc(C(C)(C)C)c1C#N. The maximum absolute atomic E-state index is 9.28. The Morgan fingerprint density at radius 3 is 2.44 bits per heavy atom. The van der Waals surface area contributed by atoms with Crippen LogP contribution in [0, 0.1) is 11.3 Å². The van der Waals surface area contributed by atoms with Crippen molar-refractivity contribution in [1.29, 1.82) is 5.26 Å². The lowest BCUT2D eigenvalue weighted by Crippen LogP contribution is -2.15. The minimum absolute atomic E-state index is 0.0111. The Hall–Kier alpha value is -1.33. The minimum atomic E-state index is -0.0454. The molecule has 0 aliphatic carbocycles. The Morgan fingerprint density at radius 1 is 1.38 bits per heavy atom. The van der Waals surface area contributed by atoms with E-state index in [9.17, 15) is 10.4 Å². The van der Waals surface area contributed by atoms with E-state index in [0.29, 0.717) is 0 Å². The summed E-state index contributed by atoms with van der Waals surface area (Å²) in [6.07, 6.45) is 0. The van der Waals surface area contributed by atoms with Gasteiger partial charge < -0.3 is 5.11 Å². The Kier molecular flexibility index (Phi) is 3.72. The lowest BCUT2D eigenvalue weighted by Gasteiger charge is -2.23. The Morgan fingerprint density at radius 2 is 2.00 bits per heavy atom.